The van der Waals surface area contributed by atoms with Crippen LogP contribution in [0.3, 0.4) is 0 Å². The van der Waals surface area contributed by atoms with Gasteiger partial charge in [-0.1, -0.05) is 0 Å². The van der Waals surface area contributed by atoms with E-state index < -0.39 is 18.9 Å². The molecule has 22 heavy (non-hydrogen) atoms. The minimum Gasteiger partial charge on any atom is -0.440 e. The van der Waals surface area contributed by atoms with Gasteiger partial charge in [-0.25, -0.2) is 4.79 Å². The number of hydrogen-bond donors (Lipinski definition) is 2. The van der Waals surface area contributed by atoms with Crippen LogP contribution in [0.4, 0.5) is 18.0 Å². The molecule has 0 fully saturated rings. The van der Waals surface area contributed by atoms with Crippen LogP contribution in [-0.4, -0.2) is 31.3 Å². The van der Waals surface area contributed by atoms with E-state index in [1.807, 2.05) is 26.0 Å². The second-order valence-electron chi connectivity index (χ2n) is 4.61. The van der Waals surface area contributed by atoms with Gasteiger partial charge in [-0.2, -0.15) is 13.2 Å². The first kappa shape index (κ1) is 18.3. The Morgan fingerprint density at radius 2 is 2.05 bits per heavy atom. The smallest absolute Gasteiger partial charge is 0.422 e. The largest absolute Gasteiger partial charge is 0.440 e. The summed E-state index contributed by atoms with van der Waals surface area (Å²) in [6.07, 6.45) is -5.81. The van der Waals surface area contributed by atoms with Gasteiger partial charge in [-0.05, 0) is 26.0 Å². The van der Waals surface area contributed by atoms with E-state index in [0.717, 1.165) is 9.75 Å². The van der Waals surface area contributed by atoms with Crippen LogP contribution in [0.2, 0.25) is 0 Å². The molecule has 124 valence electrons. The van der Waals surface area contributed by atoms with E-state index in [9.17, 15) is 22.8 Å². The summed E-state index contributed by atoms with van der Waals surface area (Å²) in [7, 11) is 0. The first-order valence-electron chi connectivity index (χ1n) is 6.50. The fourth-order valence-electron chi connectivity index (χ4n) is 1.55. The number of hydrogen-bond acceptors (Lipinski definition) is 4. The van der Waals surface area contributed by atoms with Gasteiger partial charge in [0.25, 0.3) is 0 Å². The molecular weight excluding hydrogens is 321 g/mol. The predicted molar refractivity (Wildman–Crippen MR) is 75.6 cm³/mol. The highest BCUT2D eigenvalue weighted by Crippen LogP contribution is 2.22. The molecule has 2 N–H and O–H groups in total. The van der Waals surface area contributed by atoms with Crippen LogP contribution in [0.25, 0.3) is 0 Å². The number of ether oxygens (including phenoxy) is 1. The number of alkyl halides is 3. The summed E-state index contributed by atoms with van der Waals surface area (Å²) < 4.78 is 39.4. The quantitative estimate of drug-likeness (QED) is 0.838. The molecule has 1 aromatic heterocycles. The van der Waals surface area contributed by atoms with Gasteiger partial charge in [0.2, 0.25) is 5.91 Å². The number of carbonyl (C=O) groups excluding carboxylic acids is 2. The van der Waals surface area contributed by atoms with Gasteiger partial charge in [0.1, 0.15) is 0 Å². The number of carbonyl (C=O) groups is 2. The maximum atomic E-state index is 11.8. The lowest BCUT2D eigenvalue weighted by Crippen LogP contribution is -2.33. The van der Waals surface area contributed by atoms with E-state index >= 15 is 0 Å². The molecule has 1 heterocycles. The van der Waals surface area contributed by atoms with Crippen LogP contribution in [0.1, 0.15) is 29.1 Å². The van der Waals surface area contributed by atoms with Crippen molar-refractivity contribution in [3.8, 4) is 0 Å². The number of nitrogens with one attached hydrogen (secondary N) is 2. The summed E-state index contributed by atoms with van der Waals surface area (Å²) >= 11 is 1.56. The van der Waals surface area contributed by atoms with Crippen molar-refractivity contribution < 1.29 is 27.5 Å². The van der Waals surface area contributed by atoms with Crippen LogP contribution < -0.4 is 10.6 Å². The van der Waals surface area contributed by atoms with E-state index in [4.69, 9.17) is 0 Å². The number of thiophene rings is 1. The molecule has 0 aliphatic rings. The zero-order chi connectivity index (χ0) is 16.8. The maximum Gasteiger partial charge on any atom is 0.422 e. The highest BCUT2D eigenvalue weighted by atomic mass is 32.1. The van der Waals surface area contributed by atoms with Crippen LogP contribution in [-0.2, 0) is 9.53 Å². The molecule has 1 rings (SSSR count). The van der Waals surface area contributed by atoms with Gasteiger partial charge in [-0.3, -0.25) is 4.79 Å². The van der Waals surface area contributed by atoms with Crippen molar-refractivity contribution in [3.05, 3.63) is 21.9 Å². The van der Waals surface area contributed by atoms with Gasteiger partial charge in [0, 0.05) is 22.7 Å². The average molecular weight is 338 g/mol. The van der Waals surface area contributed by atoms with E-state index in [1.165, 1.54) is 0 Å². The molecule has 0 bridgehead atoms. The lowest BCUT2D eigenvalue weighted by molar-refractivity contribution is -0.160. The molecule has 0 saturated heterocycles. The molecule has 0 aliphatic carbocycles. The third-order valence-electron chi connectivity index (χ3n) is 2.55. The van der Waals surface area contributed by atoms with E-state index in [-0.39, 0.29) is 24.9 Å². The van der Waals surface area contributed by atoms with Crippen LogP contribution in [0.5, 0.6) is 0 Å². The molecule has 1 unspecified atom stereocenters. The van der Waals surface area contributed by atoms with Crippen molar-refractivity contribution in [1.82, 2.24) is 10.6 Å². The molecule has 0 aromatic carbocycles. The minimum absolute atomic E-state index is 0.0458. The Bertz CT molecular complexity index is 517. The molecule has 0 saturated carbocycles. The third kappa shape index (κ3) is 7.30. The summed E-state index contributed by atoms with van der Waals surface area (Å²) in [5, 5.41) is 4.82. The van der Waals surface area contributed by atoms with Crippen LogP contribution >= 0.6 is 11.3 Å². The number of amides is 2. The monoisotopic (exact) mass is 338 g/mol. The lowest BCUT2D eigenvalue weighted by Gasteiger charge is -2.12. The molecule has 0 spiro atoms. The fraction of sp³-hybridized carbons (Fsp3) is 0.538. The van der Waals surface area contributed by atoms with Gasteiger partial charge in [-0.15, -0.1) is 11.3 Å². The van der Waals surface area contributed by atoms with Gasteiger partial charge in [0.15, 0.2) is 6.61 Å². The van der Waals surface area contributed by atoms with Crippen molar-refractivity contribution in [2.45, 2.75) is 32.5 Å². The molecule has 1 atom stereocenters. The molecular formula is C13H17F3N2O3S. The van der Waals surface area contributed by atoms with Gasteiger partial charge >= 0.3 is 12.3 Å². The topological polar surface area (TPSA) is 67.4 Å². The number of halogens is 3. The highest BCUT2D eigenvalue weighted by Gasteiger charge is 2.29. The van der Waals surface area contributed by atoms with Crippen LogP contribution in [0, 0.1) is 6.92 Å². The third-order valence-corrected chi connectivity index (χ3v) is 3.74. The van der Waals surface area contributed by atoms with Crippen molar-refractivity contribution in [1.29, 1.82) is 0 Å². The zero-order valence-corrected chi connectivity index (χ0v) is 12.9. The maximum absolute atomic E-state index is 11.8. The summed E-state index contributed by atoms with van der Waals surface area (Å²) in [5.41, 5.74) is 0. The summed E-state index contributed by atoms with van der Waals surface area (Å²) in [5.74, 6) is -0.310. The van der Waals surface area contributed by atoms with E-state index in [1.54, 1.807) is 11.3 Å². The Labute approximate surface area is 129 Å². The zero-order valence-electron chi connectivity index (χ0n) is 12.1. The Kier molecular flexibility index (Phi) is 6.66. The second kappa shape index (κ2) is 8.02. The predicted octanol–water partition coefficient (Wildman–Crippen LogP) is 2.91. The molecule has 2 amide bonds. The Morgan fingerprint density at radius 1 is 1.36 bits per heavy atom. The molecule has 5 nitrogen and oxygen atoms in total. The normalized spacial score (nSPS) is 12.6. The number of rotatable bonds is 6. The van der Waals surface area contributed by atoms with E-state index in [2.05, 4.69) is 15.4 Å². The summed E-state index contributed by atoms with van der Waals surface area (Å²) in [4.78, 5) is 24.7. The minimum atomic E-state index is -4.57. The first-order chi connectivity index (χ1) is 10.2. The Hall–Kier alpha value is -1.77. The average Bonchev–Trinajstić information content (AvgIpc) is 2.82. The van der Waals surface area contributed by atoms with E-state index in [0.29, 0.717) is 0 Å². The van der Waals surface area contributed by atoms with Crippen molar-refractivity contribution in [2.24, 2.45) is 0 Å². The van der Waals surface area contributed by atoms with Gasteiger partial charge in [0.05, 0.1) is 6.04 Å². The van der Waals surface area contributed by atoms with Crippen molar-refractivity contribution in [2.75, 3.05) is 13.2 Å². The Balaban J connectivity index is 2.22. The standard InChI is InChI=1S/C13H17F3N2O3S/c1-8-3-4-10(22-8)9(2)18-11(19)5-6-17-12(20)21-7-13(14,15)16/h3-4,9H,5-7H2,1-2H3,(H,17,20)(H,18,19). The summed E-state index contributed by atoms with van der Waals surface area (Å²) in [6, 6.07) is 3.70. The lowest BCUT2D eigenvalue weighted by atomic mass is 10.2. The number of alkyl carbamates (subject to hydrolysis) is 1. The van der Waals surface area contributed by atoms with Crippen molar-refractivity contribution in [3.63, 3.8) is 0 Å². The number of aryl methyl sites for hydroxylation is 1. The first-order valence-corrected chi connectivity index (χ1v) is 7.32. The fourth-order valence-corrected chi connectivity index (χ4v) is 2.43. The molecule has 0 aliphatic heterocycles. The molecule has 0 radical (unpaired) electrons. The van der Waals surface area contributed by atoms with Crippen LogP contribution in [0.15, 0.2) is 12.1 Å². The highest BCUT2D eigenvalue weighted by molar-refractivity contribution is 7.12. The Morgan fingerprint density at radius 3 is 2.59 bits per heavy atom. The summed E-state index contributed by atoms with van der Waals surface area (Å²) in [6.45, 7) is 2.03. The molecule has 1 aromatic rings. The van der Waals surface area contributed by atoms with Gasteiger partial charge < -0.3 is 15.4 Å². The second-order valence-corrected chi connectivity index (χ2v) is 5.93. The SMILES string of the molecule is Cc1ccc(C(C)NC(=O)CCNC(=O)OCC(F)(F)F)s1. The van der Waals surface area contributed by atoms with Crippen molar-refractivity contribution >= 4 is 23.3 Å². The molecule has 9 heteroatoms.